The summed E-state index contributed by atoms with van der Waals surface area (Å²) < 4.78 is 0. The van der Waals surface area contributed by atoms with Gasteiger partial charge in [0.1, 0.15) is 5.84 Å². The van der Waals surface area contributed by atoms with Crippen molar-refractivity contribution in [2.75, 3.05) is 6.54 Å². The summed E-state index contributed by atoms with van der Waals surface area (Å²) in [5.41, 5.74) is 1.95. The summed E-state index contributed by atoms with van der Waals surface area (Å²) in [5, 5.41) is 3.15. The van der Waals surface area contributed by atoms with Crippen LogP contribution in [-0.4, -0.2) is 18.1 Å². The molecule has 108 valence electrons. The lowest BCUT2D eigenvalue weighted by Gasteiger charge is -2.06. The van der Waals surface area contributed by atoms with Gasteiger partial charge in [-0.25, -0.2) is 0 Å². The summed E-state index contributed by atoms with van der Waals surface area (Å²) in [5.74, 6) is 0.765. The Hall–Kier alpha value is -2.16. The van der Waals surface area contributed by atoms with E-state index in [0.717, 1.165) is 17.1 Å². The van der Waals surface area contributed by atoms with Crippen molar-refractivity contribution < 1.29 is 0 Å². The molecule has 3 nitrogen and oxygen atoms in total. The van der Waals surface area contributed by atoms with Gasteiger partial charge in [-0.15, -0.1) is 0 Å². The Labute approximate surface area is 122 Å². The van der Waals surface area contributed by atoms with E-state index in [-0.39, 0.29) is 0 Å². The highest BCUT2D eigenvalue weighted by Gasteiger charge is 2.01. The normalized spacial score (nSPS) is 14.7. The average Bonchev–Trinajstić information content (AvgIpc) is 2.45. The Bertz CT molecular complexity index is 461. The largest absolute Gasteiger partial charge is 0.346 e. The third kappa shape index (κ3) is 8.03. The van der Waals surface area contributed by atoms with Crippen molar-refractivity contribution in [1.82, 2.24) is 5.32 Å². The first-order valence-electron chi connectivity index (χ1n) is 6.71. The van der Waals surface area contributed by atoms with Crippen molar-refractivity contribution in [3.63, 3.8) is 0 Å². The van der Waals surface area contributed by atoms with Crippen LogP contribution in [0.3, 0.4) is 0 Å². The number of aliphatic imine (C=N–C) groups is 2. The van der Waals surface area contributed by atoms with Crippen LogP contribution in [0, 0.1) is 0 Å². The predicted octanol–water partition coefficient (Wildman–Crippen LogP) is 4.19. The van der Waals surface area contributed by atoms with E-state index in [1.54, 1.807) is 12.3 Å². The fraction of sp³-hybridized carbons (Fsp3) is 0.294. The molecule has 0 unspecified atom stereocenters. The quantitative estimate of drug-likeness (QED) is 0.421. The number of nitrogens with one attached hydrogen (secondary N) is 1. The Balaban J connectivity index is 5.15. The summed E-state index contributed by atoms with van der Waals surface area (Å²) in [7, 11) is 0. The van der Waals surface area contributed by atoms with Gasteiger partial charge in [-0.1, -0.05) is 43.0 Å². The molecule has 0 saturated heterocycles. The van der Waals surface area contributed by atoms with Gasteiger partial charge in [0.05, 0.1) is 12.3 Å². The van der Waals surface area contributed by atoms with Crippen LogP contribution in [0.2, 0.25) is 0 Å². The maximum Gasteiger partial charge on any atom is 0.146 e. The number of hydrogen-bond donors (Lipinski definition) is 1. The Morgan fingerprint density at radius 2 is 1.90 bits per heavy atom. The second-order valence-electron chi connectivity index (χ2n) is 3.98. The van der Waals surface area contributed by atoms with Gasteiger partial charge in [0.15, 0.2) is 0 Å². The summed E-state index contributed by atoms with van der Waals surface area (Å²) in [6, 6.07) is 0. The van der Waals surface area contributed by atoms with E-state index in [1.165, 1.54) is 0 Å². The van der Waals surface area contributed by atoms with Crippen LogP contribution in [-0.2, 0) is 0 Å². The average molecular weight is 271 g/mol. The van der Waals surface area contributed by atoms with Gasteiger partial charge in [0, 0.05) is 6.20 Å². The second-order valence-corrected chi connectivity index (χ2v) is 3.98. The molecule has 1 N–H and O–H groups in total. The van der Waals surface area contributed by atoms with Crippen molar-refractivity contribution in [2.45, 2.75) is 27.7 Å². The van der Waals surface area contributed by atoms with Crippen LogP contribution >= 0.6 is 0 Å². The minimum atomic E-state index is 0.582. The highest BCUT2D eigenvalue weighted by molar-refractivity contribution is 6.40. The zero-order valence-electron chi connectivity index (χ0n) is 12.9. The summed E-state index contributed by atoms with van der Waals surface area (Å²) in [6.07, 6.45) is 15.2. The van der Waals surface area contributed by atoms with Gasteiger partial charge in [-0.05, 0) is 39.5 Å². The van der Waals surface area contributed by atoms with Gasteiger partial charge in [0.25, 0.3) is 0 Å². The van der Waals surface area contributed by atoms with E-state index < -0.39 is 0 Å². The summed E-state index contributed by atoms with van der Waals surface area (Å²) >= 11 is 0. The van der Waals surface area contributed by atoms with Crippen molar-refractivity contribution in [1.29, 1.82) is 0 Å². The maximum absolute atomic E-state index is 4.57. The molecule has 20 heavy (non-hydrogen) atoms. The smallest absolute Gasteiger partial charge is 0.146 e. The fourth-order valence-electron chi connectivity index (χ4n) is 1.37. The minimum absolute atomic E-state index is 0.582. The lowest BCUT2D eigenvalue weighted by atomic mass is 10.2. The molecular formula is C17H25N3. The molecular weight excluding hydrogens is 246 g/mol. The molecule has 0 bridgehead atoms. The fourth-order valence-corrected chi connectivity index (χ4v) is 1.37. The SMILES string of the molecule is C=C/C=C(\C=C/C)CN=C(N/C=C\C)C(C)=N/C=C\C. The third-order valence-corrected chi connectivity index (χ3v) is 2.28. The third-order valence-electron chi connectivity index (χ3n) is 2.28. The molecule has 0 aliphatic rings. The van der Waals surface area contributed by atoms with Crippen LogP contribution in [0.1, 0.15) is 27.7 Å². The highest BCUT2D eigenvalue weighted by Crippen LogP contribution is 1.99. The van der Waals surface area contributed by atoms with Gasteiger partial charge in [-0.3, -0.25) is 9.98 Å². The highest BCUT2D eigenvalue weighted by atomic mass is 15.0. The molecule has 0 aliphatic heterocycles. The first kappa shape index (κ1) is 17.8. The first-order chi connectivity index (χ1) is 9.69. The van der Waals surface area contributed by atoms with Gasteiger partial charge < -0.3 is 5.32 Å². The Morgan fingerprint density at radius 3 is 2.45 bits per heavy atom. The molecule has 0 atom stereocenters. The molecule has 0 spiro atoms. The van der Waals surface area contributed by atoms with E-state index in [0.29, 0.717) is 6.54 Å². The monoisotopic (exact) mass is 271 g/mol. The number of allylic oxidation sites excluding steroid dienone is 5. The molecule has 0 heterocycles. The molecule has 0 rings (SSSR count). The molecule has 0 amide bonds. The predicted molar refractivity (Wildman–Crippen MR) is 91.3 cm³/mol. The van der Waals surface area contributed by atoms with Crippen LogP contribution in [0.5, 0.6) is 0 Å². The topological polar surface area (TPSA) is 36.8 Å². The number of amidine groups is 1. The Morgan fingerprint density at radius 1 is 1.15 bits per heavy atom. The van der Waals surface area contributed by atoms with Crippen molar-refractivity contribution in [2.24, 2.45) is 9.98 Å². The van der Waals surface area contributed by atoms with E-state index in [1.807, 2.05) is 64.3 Å². The number of rotatable bonds is 7. The molecule has 0 saturated carbocycles. The van der Waals surface area contributed by atoms with Crippen LogP contribution in [0.4, 0.5) is 0 Å². The number of nitrogens with zero attached hydrogens (tertiary/aromatic N) is 2. The lowest BCUT2D eigenvalue weighted by molar-refractivity contribution is 1.14. The number of hydrogen-bond acceptors (Lipinski definition) is 2. The standard InChI is InChI=1S/C17H25N3/c1-6-10-16(11-7-2)14-20-17(19-13-9-4)15(5)18-12-8-3/h6-13H,1,14H2,2-5H3,(H,19,20)/b11-7-,12-8-,13-9-,16-10+,18-15?. The van der Waals surface area contributed by atoms with Gasteiger partial charge >= 0.3 is 0 Å². The second kappa shape index (κ2) is 11.9. The molecule has 0 fully saturated rings. The zero-order valence-corrected chi connectivity index (χ0v) is 12.9. The summed E-state index contributed by atoms with van der Waals surface area (Å²) in [6.45, 7) is 12.1. The van der Waals surface area contributed by atoms with E-state index in [9.17, 15) is 0 Å². The first-order valence-corrected chi connectivity index (χ1v) is 6.71. The molecule has 0 aromatic rings. The van der Waals surface area contributed by atoms with Crippen molar-refractivity contribution in [3.05, 3.63) is 61.0 Å². The van der Waals surface area contributed by atoms with E-state index in [4.69, 9.17) is 0 Å². The molecule has 0 aliphatic carbocycles. The Kier molecular flexibility index (Phi) is 10.6. The minimum Gasteiger partial charge on any atom is -0.346 e. The zero-order chi connectivity index (χ0) is 15.2. The van der Waals surface area contributed by atoms with E-state index in [2.05, 4.69) is 21.9 Å². The van der Waals surface area contributed by atoms with Crippen LogP contribution < -0.4 is 5.32 Å². The van der Waals surface area contributed by atoms with E-state index >= 15 is 0 Å². The molecule has 0 aromatic carbocycles. The van der Waals surface area contributed by atoms with Gasteiger partial charge in [0.2, 0.25) is 0 Å². The molecule has 0 aromatic heterocycles. The van der Waals surface area contributed by atoms with Gasteiger partial charge in [-0.2, -0.15) is 0 Å². The van der Waals surface area contributed by atoms with Crippen LogP contribution in [0.25, 0.3) is 0 Å². The molecule has 3 heteroatoms. The van der Waals surface area contributed by atoms with Crippen LogP contribution in [0.15, 0.2) is 71.0 Å². The molecule has 0 radical (unpaired) electrons. The summed E-state index contributed by atoms with van der Waals surface area (Å²) in [4.78, 5) is 8.89. The van der Waals surface area contributed by atoms with Crippen molar-refractivity contribution in [3.8, 4) is 0 Å². The van der Waals surface area contributed by atoms with Crippen molar-refractivity contribution >= 4 is 11.5 Å². The maximum atomic E-state index is 4.57. The lowest BCUT2D eigenvalue weighted by Crippen LogP contribution is -2.25.